The number of ether oxygens (including phenoxy) is 3. The van der Waals surface area contributed by atoms with Crippen LogP contribution in [0.5, 0.6) is 0 Å². The predicted octanol–water partition coefficient (Wildman–Crippen LogP) is 1.90. The molecule has 114 valence electrons. The number of amides is 1. The first-order valence-electron chi connectivity index (χ1n) is 6.65. The highest BCUT2D eigenvalue weighted by atomic mass is 16.7. The zero-order chi connectivity index (χ0) is 15.3. The first kappa shape index (κ1) is 15.2. The van der Waals surface area contributed by atoms with Gasteiger partial charge in [-0.3, -0.25) is 0 Å². The first-order chi connectivity index (χ1) is 10.00. The summed E-state index contributed by atoms with van der Waals surface area (Å²) in [7, 11) is 0. The first-order valence-corrected chi connectivity index (χ1v) is 6.65. The van der Waals surface area contributed by atoms with E-state index in [0.717, 1.165) is 5.56 Å². The highest BCUT2D eigenvalue weighted by molar-refractivity contribution is 5.68. The summed E-state index contributed by atoms with van der Waals surface area (Å²) in [5.74, 6) is -0.433. The summed E-state index contributed by atoms with van der Waals surface area (Å²) in [6.07, 6.45) is 0.755. The number of nitrogens with one attached hydrogen (secondary N) is 1. The molecule has 1 aliphatic rings. The summed E-state index contributed by atoms with van der Waals surface area (Å²) in [6, 6.07) is 8.63. The standard InChI is InChI=1S/C15H19NO5/c1-15(2)20-10-13(21-15)12(8-17)16-14(18)19-9-11-6-4-3-5-7-11/h3-7,10,12,17H,8-9H2,1-2H3,(H,16,18)/t12-/m1/s1. The second-order valence-corrected chi connectivity index (χ2v) is 5.08. The number of aliphatic hydroxyl groups is 1. The summed E-state index contributed by atoms with van der Waals surface area (Å²) in [5, 5.41) is 11.9. The van der Waals surface area contributed by atoms with Gasteiger partial charge >= 0.3 is 6.09 Å². The van der Waals surface area contributed by atoms with Gasteiger partial charge in [-0.2, -0.15) is 0 Å². The van der Waals surface area contributed by atoms with Gasteiger partial charge in [0.15, 0.2) is 5.76 Å². The van der Waals surface area contributed by atoms with Gasteiger partial charge in [0.2, 0.25) is 5.79 Å². The van der Waals surface area contributed by atoms with Gasteiger partial charge in [0.05, 0.1) is 6.61 Å². The molecular weight excluding hydrogens is 274 g/mol. The van der Waals surface area contributed by atoms with E-state index in [1.54, 1.807) is 13.8 Å². The number of carbonyl (C=O) groups excluding carboxylic acids is 1. The van der Waals surface area contributed by atoms with Crippen molar-refractivity contribution in [2.75, 3.05) is 6.61 Å². The van der Waals surface area contributed by atoms with Gasteiger partial charge < -0.3 is 24.6 Å². The molecule has 1 aliphatic heterocycles. The van der Waals surface area contributed by atoms with E-state index in [9.17, 15) is 9.90 Å². The molecule has 0 bridgehead atoms. The number of rotatable bonds is 5. The van der Waals surface area contributed by atoms with Crippen LogP contribution in [-0.4, -0.2) is 29.6 Å². The van der Waals surface area contributed by atoms with E-state index < -0.39 is 17.9 Å². The Morgan fingerprint density at radius 2 is 2.10 bits per heavy atom. The second-order valence-electron chi connectivity index (χ2n) is 5.08. The van der Waals surface area contributed by atoms with Crippen LogP contribution in [0.2, 0.25) is 0 Å². The van der Waals surface area contributed by atoms with Gasteiger partial charge in [0.1, 0.15) is 18.9 Å². The minimum absolute atomic E-state index is 0.159. The Hall–Kier alpha value is -2.21. The molecular formula is C15H19NO5. The van der Waals surface area contributed by atoms with Crippen molar-refractivity contribution >= 4 is 6.09 Å². The number of hydrogen-bond acceptors (Lipinski definition) is 5. The lowest BCUT2D eigenvalue weighted by atomic mass is 10.2. The number of aliphatic hydroxyl groups excluding tert-OH is 1. The van der Waals surface area contributed by atoms with Crippen molar-refractivity contribution in [2.45, 2.75) is 32.3 Å². The highest BCUT2D eigenvalue weighted by Crippen LogP contribution is 2.26. The maximum absolute atomic E-state index is 11.7. The summed E-state index contributed by atoms with van der Waals surface area (Å²) >= 11 is 0. The molecule has 1 atom stereocenters. The average molecular weight is 293 g/mol. The van der Waals surface area contributed by atoms with Crippen molar-refractivity contribution in [1.82, 2.24) is 5.32 Å². The average Bonchev–Trinajstić information content (AvgIpc) is 2.83. The van der Waals surface area contributed by atoms with Crippen LogP contribution in [0.25, 0.3) is 0 Å². The van der Waals surface area contributed by atoms with Crippen LogP contribution >= 0.6 is 0 Å². The topological polar surface area (TPSA) is 77.0 Å². The fourth-order valence-corrected chi connectivity index (χ4v) is 1.80. The van der Waals surface area contributed by atoms with E-state index in [0.29, 0.717) is 5.76 Å². The Balaban J connectivity index is 1.83. The smallest absolute Gasteiger partial charge is 0.408 e. The van der Waals surface area contributed by atoms with Crippen molar-refractivity contribution in [3.05, 3.63) is 47.9 Å². The molecule has 0 aliphatic carbocycles. The lowest BCUT2D eigenvalue weighted by molar-refractivity contribution is -0.120. The fourth-order valence-electron chi connectivity index (χ4n) is 1.80. The minimum Gasteiger partial charge on any atom is -0.457 e. The molecule has 6 heteroatoms. The third-order valence-corrected chi connectivity index (χ3v) is 2.85. The van der Waals surface area contributed by atoms with Crippen LogP contribution in [0.4, 0.5) is 4.79 Å². The van der Waals surface area contributed by atoms with E-state index in [1.165, 1.54) is 6.26 Å². The summed E-state index contributed by atoms with van der Waals surface area (Å²) in [6.45, 7) is 3.32. The van der Waals surface area contributed by atoms with Crippen LogP contribution < -0.4 is 5.32 Å². The van der Waals surface area contributed by atoms with Crippen LogP contribution in [0, 0.1) is 0 Å². The second kappa shape index (κ2) is 6.49. The molecule has 0 unspecified atom stereocenters. The highest BCUT2D eigenvalue weighted by Gasteiger charge is 2.32. The van der Waals surface area contributed by atoms with Crippen molar-refractivity contribution in [3.63, 3.8) is 0 Å². The van der Waals surface area contributed by atoms with Crippen LogP contribution in [0.15, 0.2) is 42.4 Å². The van der Waals surface area contributed by atoms with Crippen LogP contribution in [0.1, 0.15) is 19.4 Å². The van der Waals surface area contributed by atoms with Gasteiger partial charge in [0.25, 0.3) is 0 Å². The Morgan fingerprint density at radius 1 is 1.38 bits per heavy atom. The molecule has 1 aromatic rings. The maximum atomic E-state index is 11.7. The van der Waals surface area contributed by atoms with E-state index in [1.807, 2.05) is 30.3 Å². The van der Waals surface area contributed by atoms with Gasteiger partial charge in [-0.1, -0.05) is 30.3 Å². The number of alkyl carbamates (subject to hydrolysis) is 1. The van der Waals surface area contributed by atoms with E-state index in [-0.39, 0.29) is 13.2 Å². The molecule has 21 heavy (non-hydrogen) atoms. The molecule has 2 N–H and O–H groups in total. The third kappa shape index (κ3) is 4.39. The van der Waals surface area contributed by atoms with E-state index in [2.05, 4.69) is 5.32 Å². The number of carbonyl (C=O) groups is 1. The quantitative estimate of drug-likeness (QED) is 0.867. The fraction of sp³-hybridized carbons (Fsp3) is 0.400. The molecule has 6 nitrogen and oxygen atoms in total. The summed E-state index contributed by atoms with van der Waals surface area (Å²) in [5.41, 5.74) is 0.883. The van der Waals surface area contributed by atoms with E-state index >= 15 is 0 Å². The van der Waals surface area contributed by atoms with Crippen molar-refractivity contribution in [1.29, 1.82) is 0 Å². The van der Waals surface area contributed by atoms with Gasteiger partial charge in [-0.25, -0.2) is 4.79 Å². The summed E-state index contributed by atoms with van der Waals surface area (Å²) in [4.78, 5) is 11.7. The lowest BCUT2D eigenvalue weighted by Crippen LogP contribution is -2.40. The zero-order valence-electron chi connectivity index (χ0n) is 12.0. The molecule has 1 amide bonds. The molecule has 0 spiro atoms. The minimum atomic E-state index is -0.793. The van der Waals surface area contributed by atoms with Gasteiger partial charge in [-0.15, -0.1) is 0 Å². The molecule has 0 aromatic heterocycles. The van der Waals surface area contributed by atoms with Crippen LogP contribution in [-0.2, 0) is 20.8 Å². The van der Waals surface area contributed by atoms with E-state index in [4.69, 9.17) is 14.2 Å². The molecule has 0 fully saturated rings. The van der Waals surface area contributed by atoms with Crippen molar-refractivity contribution < 1.29 is 24.1 Å². The normalized spacial score (nSPS) is 17.2. The van der Waals surface area contributed by atoms with Gasteiger partial charge in [0, 0.05) is 13.8 Å². The Labute approximate surface area is 123 Å². The Kier molecular flexibility index (Phi) is 4.70. The molecule has 1 aromatic carbocycles. The molecule has 0 saturated carbocycles. The third-order valence-electron chi connectivity index (χ3n) is 2.85. The Bertz CT molecular complexity index is 512. The Morgan fingerprint density at radius 3 is 2.67 bits per heavy atom. The molecule has 0 radical (unpaired) electrons. The monoisotopic (exact) mass is 293 g/mol. The van der Waals surface area contributed by atoms with Crippen molar-refractivity contribution in [3.8, 4) is 0 Å². The predicted molar refractivity (Wildman–Crippen MR) is 75.0 cm³/mol. The number of hydrogen-bond donors (Lipinski definition) is 2. The maximum Gasteiger partial charge on any atom is 0.408 e. The zero-order valence-corrected chi connectivity index (χ0v) is 12.0. The largest absolute Gasteiger partial charge is 0.457 e. The lowest BCUT2D eigenvalue weighted by Gasteiger charge is -2.21. The summed E-state index contributed by atoms with van der Waals surface area (Å²) < 4.78 is 15.8. The molecule has 0 saturated heterocycles. The molecule has 2 rings (SSSR count). The number of benzene rings is 1. The van der Waals surface area contributed by atoms with Crippen molar-refractivity contribution in [2.24, 2.45) is 0 Å². The molecule has 1 heterocycles. The SMILES string of the molecule is CC1(C)OC=C([C@@H](CO)NC(=O)OCc2ccccc2)O1. The van der Waals surface area contributed by atoms with Crippen LogP contribution in [0.3, 0.4) is 0 Å². The van der Waals surface area contributed by atoms with Gasteiger partial charge in [-0.05, 0) is 5.56 Å².